The molecule has 0 spiro atoms. The Morgan fingerprint density at radius 1 is 1.26 bits per heavy atom. The molecule has 0 unspecified atom stereocenters. The number of oxazole rings is 1. The van der Waals surface area contributed by atoms with Crippen molar-refractivity contribution >= 4 is 40.4 Å². The Morgan fingerprint density at radius 3 is 2.63 bits per heavy atom. The largest absolute Gasteiger partial charge is 0.468 e. The molecule has 10 heteroatoms. The van der Waals surface area contributed by atoms with Crippen molar-refractivity contribution in [1.29, 1.82) is 0 Å². The van der Waals surface area contributed by atoms with Crippen molar-refractivity contribution in [2.75, 3.05) is 12.9 Å². The fraction of sp³-hybridized carbons (Fsp3) is 0.176. The summed E-state index contributed by atoms with van der Waals surface area (Å²) in [6.07, 6.45) is -4.54. The molecular weight excluding hydrogens is 407 g/mol. The highest BCUT2D eigenvalue weighted by atomic mass is 35.5. The molecule has 2 aromatic carbocycles. The number of methoxy groups -OCH3 is 1. The first-order valence-corrected chi connectivity index (χ1v) is 8.79. The van der Waals surface area contributed by atoms with Crippen LogP contribution in [0.25, 0.3) is 16.8 Å². The number of nitrogens with zero attached hydrogens (tertiary/aromatic N) is 1. The van der Waals surface area contributed by atoms with E-state index in [9.17, 15) is 22.8 Å². The molecular formula is C17H11ClF3NO4S. The molecule has 0 radical (unpaired) electrons. The molecule has 3 rings (SSSR count). The highest BCUT2D eigenvalue weighted by Crippen LogP contribution is 2.34. The number of alkyl halides is 3. The van der Waals surface area contributed by atoms with Crippen LogP contribution in [-0.2, 0) is 15.7 Å². The minimum absolute atomic E-state index is 0.0726. The van der Waals surface area contributed by atoms with E-state index < -0.39 is 23.5 Å². The van der Waals surface area contributed by atoms with Crippen molar-refractivity contribution in [2.45, 2.75) is 11.1 Å². The summed E-state index contributed by atoms with van der Waals surface area (Å²) in [6.45, 7) is 0. The van der Waals surface area contributed by atoms with Crippen molar-refractivity contribution in [3.05, 3.63) is 57.5 Å². The number of esters is 1. The molecule has 27 heavy (non-hydrogen) atoms. The number of aromatic nitrogens is 1. The third kappa shape index (κ3) is 3.98. The van der Waals surface area contributed by atoms with Gasteiger partial charge in [0.1, 0.15) is 0 Å². The van der Waals surface area contributed by atoms with Crippen molar-refractivity contribution in [2.24, 2.45) is 0 Å². The Kier molecular flexibility index (Phi) is 5.25. The van der Waals surface area contributed by atoms with Crippen LogP contribution in [0.15, 0.2) is 50.5 Å². The van der Waals surface area contributed by atoms with Crippen molar-refractivity contribution in [3.63, 3.8) is 0 Å². The quantitative estimate of drug-likeness (QED) is 0.461. The Bertz CT molecular complexity index is 1070. The summed E-state index contributed by atoms with van der Waals surface area (Å²) in [6, 6.07) is 7.48. The molecule has 0 atom stereocenters. The lowest BCUT2D eigenvalue weighted by Gasteiger charge is -2.10. The fourth-order valence-electron chi connectivity index (χ4n) is 2.38. The van der Waals surface area contributed by atoms with E-state index in [1.54, 1.807) is 18.2 Å². The third-order valence-electron chi connectivity index (χ3n) is 3.65. The molecule has 1 heterocycles. The van der Waals surface area contributed by atoms with Crippen LogP contribution in [0.1, 0.15) is 5.56 Å². The molecule has 142 valence electrons. The zero-order valence-electron chi connectivity index (χ0n) is 13.7. The second-order valence-corrected chi connectivity index (χ2v) is 6.82. The average Bonchev–Trinajstić information content (AvgIpc) is 2.93. The van der Waals surface area contributed by atoms with E-state index in [2.05, 4.69) is 4.74 Å². The maximum Gasteiger partial charge on any atom is 0.424 e. The van der Waals surface area contributed by atoms with Gasteiger partial charge in [0.05, 0.1) is 34.7 Å². The minimum atomic E-state index is -4.54. The molecule has 0 bridgehead atoms. The summed E-state index contributed by atoms with van der Waals surface area (Å²) < 4.78 is 49.2. The predicted molar refractivity (Wildman–Crippen MR) is 94.6 cm³/mol. The van der Waals surface area contributed by atoms with Gasteiger partial charge in [-0.05, 0) is 36.4 Å². The van der Waals surface area contributed by atoms with Crippen LogP contribution in [0, 0.1) is 0 Å². The van der Waals surface area contributed by atoms with Crippen LogP contribution in [-0.4, -0.2) is 23.4 Å². The van der Waals surface area contributed by atoms with Crippen molar-refractivity contribution in [1.82, 2.24) is 4.57 Å². The Morgan fingerprint density at radius 2 is 2.00 bits per heavy atom. The number of carbonyl (C=O) groups excluding carboxylic acids is 1. The molecule has 1 aromatic heterocycles. The van der Waals surface area contributed by atoms with E-state index in [4.69, 9.17) is 16.0 Å². The standard InChI is InChI=1S/C17H11ClF3NO4S/c1-25-15(23)8-27-10-3-5-13-14(7-10)26-16(24)22(13)12-4-2-9(6-11(12)18)17(19,20)21/h2-7H,8H2,1H3. The van der Waals surface area contributed by atoms with Crippen LogP contribution in [0.2, 0.25) is 5.02 Å². The van der Waals surface area contributed by atoms with Gasteiger partial charge in [0.25, 0.3) is 0 Å². The maximum atomic E-state index is 12.8. The molecule has 0 N–H and O–H groups in total. The SMILES string of the molecule is COC(=O)CSc1ccc2c(c1)oc(=O)n2-c1ccc(C(F)(F)F)cc1Cl. The second kappa shape index (κ2) is 7.32. The molecule has 0 aliphatic carbocycles. The average molecular weight is 418 g/mol. The van der Waals surface area contributed by atoms with Crippen LogP contribution in [0.3, 0.4) is 0 Å². The lowest BCUT2D eigenvalue weighted by Crippen LogP contribution is -2.13. The third-order valence-corrected chi connectivity index (χ3v) is 4.92. The first-order valence-electron chi connectivity index (χ1n) is 7.43. The van der Waals surface area contributed by atoms with Crippen LogP contribution in [0.5, 0.6) is 0 Å². The maximum absolute atomic E-state index is 12.8. The van der Waals surface area contributed by atoms with E-state index in [0.717, 1.165) is 22.8 Å². The highest BCUT2D eigenvalue weighted by molar-refractivity contribution is 8.00. The molecule has 0 aliphatic heterocycles. The molecule has 3 aromatic rings. The van der Waals surface area contributed by atoms with Crippen molar-refractivity contribution in [3.8, 4) is 5.69 Å². The molecule has 5 nitrogen and oxygen atoms in total. The number of fused-ring (bicyclic) bond motifs is 1. The van der Waals surface area contributed by atoms with Gasteiger partial charge in [-0.1, -0.05) is 11.6 Å². The molecule has 0 fully saturated rings. The molecule has 0 amide bonds. The van der Waals surface area contributed by atoms with Crippen LogP contribution < -0.4 is 5.76 Å². The summed E-state index contributed by atoms with van der Waals surface area (Å²) in [5, 5.41) is -0.237. The van der Waals surface area contributed by atoms with Crippen LogP contribution >= 0.6 is 23.4 Å². The number of halogens is 4. The fourth-order valence-corrected chi connectivity index (χ4v) is 3.40. The molecule has 0 saturated carbocycles. The van der Waals surface area contributed by atoms with Gasteiger partial charge in [0.2, 0.25) is 0 Å². The minimum Gasteiger partial charge on any atom is -0.468 e. The summed E-state index contributed by atoms with van der Waals surface area (Å²) >= 11 is 7.16. The van der Waals surface area contributed by atoms with Gasteiger partial charge < -0.3 is 9.15 Å². The van der Waals surface area contributed by atoms with E-state index in [1.165, 1.54) is 18.9 Å². The van der Waals surface area contributed by atoms with Crippen LogP contribution in [0.4, 0.5) is 13.2 Å². The number of rotatable bonds is 4. The van der Waals surface area contributed by atoms with Gasteiger partial charge in [0, 0.05) is 4.90 Å². The van der Waals surface area contributed by atoms with E-state index in [-0.39, 0.29) is 22.0 Å². The summed E-state index contributed by atoms with van der Waals surface area (Å²) in [5.74, 6) is -1.12. The zero-order valence-corrected chi connectivity index (χ0v) is 15.2. The monoisotopic (exact) mass is 417 g/mol. The first-order chi connectivity index (χ1) is 12.7. The zero-order chi connectivity index (χ0) is 19.8. The van der Waals surface area contributed by atoms with E-state index in [1.807, 2.05) is 0 Å². The second-order valence-electron chi connectivity index (χ2n) is 5.36. The predicted octanol–water partition coefficient (Wildman–Crippen LogP) is 4.52. The van der Waals surface area contributed by atoms with Gasteiger partial charge in [-0.15, -0.1) is 11.8 Å². The van der Waals surface area contributed by atoms with Gasteiger partial charge in [-0.3, -0.25) is 4.79 Å². The number of benzene rings is 2. The summed E-state index contributed by atoms with van der Waals surface area (Å²) in [5.41, 5.74) is -0.295. The summed E-state index contributed by atoms with van der Waals surface area (Å²) in [7, 11) is 1.28. The summed E-state index contributed by atoms with van der Waals surface area (Å²) in [4.78, 5) is 24.1. The number of hydrogen-bond donors (Lipinski definition) is 0. The highest BCUT2D eigenvalue weighted by Gasteiger charge is 2.31. The number of ether oxygens (including phenoxy) is 1. The topological polar surface area (TPSA) is 61.4 Å². The van der Waals surface area contributed by atoms with Gasteiger partial charge in [-0.2, -0.15) is 13.2 Å². The number of thioether (sulfide) groups is 1. The number of hydrogen-bond acceptors (Lipinski definition) is 5. The first kappa shape index (κ1) is 19.4. The number of carbonyl (C=O) groups is 1. The Balaban J connectivity index is 2.02. The smallest absolute Gasteiger partial charge is 0.424 e. The van der Waals surface area contributed by atoms with Gasteiger partial charge >= 0.3 is 17.9 Å². The molecule has 0 saturated heterocycles. The van der Waals surface area contributed by atoms with Gasteiger partial charge in [0.15, 0.2) is 5.58 Å². The lowest BCUT2D eigenvalue weighted by atomic mass is 10.2. The van der Waals surface area contributed by atoms with E-state index in [0.29, 0.717) is 10.4 Å². The van der Waals surface area contributed by atoms with Crippen molar-refractivity contribution < 1.29 is 27.1 Å². The Hall–Kier alpha value is -2.39. The molecule has 0 aliphatic rings. The Labute approximate surface area is 159 Å². The normalized spacial score (nSPS) is 11.7. The van der Waals surface area contributed by atoms with Gasteiger partial charge in [-0.25, -0.2) is 9.36 Å². The lowest BCUT2D eigenvalue weighted by molar-refractivity contribution is -0.138. The van der Waals surface area contributed by atoms with E-state index >= 15 is 0 Å².